The van der Waals surface area contributed by atoms with Crippen LogP contribution in [0.1, 0.15) is 184 Å². The van der Waals surface area contributed by atoms with Gasteiger partial charge in [-0.2, -0.15) is 0 Å². The van der Waals surface area contributed by atoms with Crippen molar-refractivity contribution < 1.29 is 141 Å². The van der Waals surface area contributed by atoms with Crippen LogP contribution in [0, 0.1) is 69.2 Å². The molecule has 1 saturated heterocycles. The van der Waals surface area contributed by atoms with E-state index in [-0.39, 0.29) is 113 Å². The summed E-state index contributed by atoms with van der Waals surface area (Å²) in [6.45, 7) is 42.0. The number of phenolic OH excluding ortho intramolecular Hbond substituents is 3. The molecule has 3 heterocycles. The van der Waals surface area contributed by atoms with Crippen LogP contribution in [0.4, 0.5) is 0 Å². The van der Waals surface area contributed by atoms with Gasteiger partial charge in [0.05, 0.1) is 44.0 Å². The Balaban J connectivity index is -0.00000141. The van der Waals surface area contributed by atoms with Crippen molar-refractivity contribution in [2.75, 3.05) is 128 Å². The van der Waals surface area contributed by atoms with Gasteiger partial charge in [0.1, 0.15) is 71.9 Å². The summed E-state index contributed by atoms with van der Waals surface area (Å²) >= 11 is 15.1. The molecule has 0 aliphatic carbocycles. The zero-order chi connectivity index (χ0) is 97.7. The van der Waals surface area contributed by atoms with E-state index in [1.807, 2.05) is 240 Å². The average Bonchev–Trinajstić information content (AvgIpc) is 1.63. The molecule has 11 rings (SSSR count). The summed E-state index contributed by atoms with van der Waals surface area (Å²) in [5.74, 6) is 5.03. The minimum atomic E-state index is -2.79. The number of halogens is 3. The number of methoxy groups -OCH3 is 6. The van der Waals surface area contributed by atoms with Gasteiger partial charge in [0.15, 0.2) is 20.4 Å². The number of aldehydes is 1. The first-order valence-electron chi connectivity index (χ1n) is 40.8. The largest absolute Gasteiger partial charge is 1.00 e. The predicted octanol–water partition coefficient (Wildman–Crippen LogP) is 17.4. The molecule has 0 atom stereocenters. The molecule has 8 aromatic rings. The van der Waals surface area contributed by atoms with Crippen molar-refractivity contribution in [1.82, 2.24) is 4.31 Å². The molecule has 0 aromatic heterocycles. The van der Waals surface area contributed by atoms with Gasteiger partial charge in [0.2, 0.25) is 10.0 Å². The monoisotopic (exact) mass is 2010 g/mol. The van der Waals surface area contributed by atoms with E-state index < -0.39 is 20.9 Å². The molecule has 3 aliphatic heterocycles. The van der Waals surface area contributed by atoms with Gasteiger partial charge in [-0.3, -0.25) is 14.4 Å². The first-order chi connectivity index (χ1) is 60.0. The summed E-state index contributed by atoms with van der Waals surface area (Å²) < 4.78 is 94.4. The van der Waals surface area contributed by atoms with Crippen LogP contribution in [0.5, 0.6) is 46.0 Å². The Hall–Kier alpha value is -6.86. The van der Waals surface area contributed by atoms with Gasteiger partial charge in [-0.25, -0.2) is 12.7 Å². The maximum atomic E-state index is 11.5. The molecule has 130 heavy (non-hydrogen) atoms. The SMILES string of the molecule is C.CN1CCCS1(=O)=O.COCCl.COCOCC(C)(C)c1cc(Br)cc(C)c1OCOC.COCOCC(C)(C)c1cc(C=O)cc(C)c1OCOC.COCOc1c(C)cccc1C.Cc1cc(Br)cc(C(C)(C)CO)c1O.Cc1cccc(C(C)(C)CO)c1O.Cc1cccc(C)c1O.Cc1cccc2c1OC(=O)C2.Cc1cccc2c1OC(=O)C2(C)C.[B]=NS.[H-].[Na+]. The molecule has 32 heteroatoms. The maximum Gasteiger partial charge on any atom is 1.00 e. The molecule has 0 bridgehead atoms. The number of fused-ring (bicyclic) bond motifs is 2. The summed E-state index contributed by atoms with van der Waals surface area (Å²) in [6, 6.07) is 40.8. The Morgan fingerprint density at radius 1 is 0.523 bits per heavy atom. The number of para-hydroxylation sites is 5. The third-order valence-corrected chi connectivity index (χ3v) is 23.0. The molecule has 8 aromatic carbocycles. The van der Waals surface area contributed by atoms with E-state index >= 15 is 0 Å². The number of thiol groups is 1. The molecule has 3 aliphatic rings. The quantitative estimate of drug-likeness (QED) is 0.00452. The van der Waals surface area contributed by atoms with Crippen LogP contribution in [-0.2, 0) is 91.0 Å². The summed E-state index contributed by atoms with van der Waals surface area (Å²) in [7, 11) is 12.7. The fourth-order valence-corrected chi connectivity index (χ4v) is 14.8. The molecule has 719 valence electrons. The number of hydrogen-bond acceptors (Lipinski definition) is 25. The first kappa shape index (κ1) is 125. The molecule has 5 N–H and O–H groups in total. The number of sulfonamides is 1. The number of carbonyl (C=O) groups excluding carboxylic acids is 3. The van der Waals surface area contributed by atoms with Crippen molar-refractivity contribution in [2.24, 2.45) is 4.30 Å². The van der Waals surface area contributed by atoms with Crippen molar-refractivity contribution in [3.05, 3.63) is 231 Å². The maximum absolute atomic E-state index is 11.5. The van der Waals surface area contributed by atoms with E-state index in [1.165, 1.54) is 4.31 Å². The van der Waals surface area contributed by atoms with Gasteiger partial charge < -0.3 is 88.5 Å². The standard InChI is InChI=1S/C16H24O5.C15H23BrO4.C11H15BrO2.C11H12O2.C11H16O2.C10H14O2.C9H8O2.C8H10O.C4H9NO2S.C2H5ClO.CH4.BHNS.Na.H/c1-12-6-13(8-17)7-14(15(12)21-11-19-5)16(2,3)9-20-10-18-4;1-11-6-12(16)7-13(14(11)20-10-18-5)15(2,3)8-19-9-17-4;1-7-4-8(12)5-9(10(7)14)11(2,3)6-13;1-7-5-4-6-8-9(7)13-10(12)11(8,2)3;1-8-5-4-6-9(10(8)13)11(2,3)7-12;1-8-5-4-6-9(2)10(8)12-7-11-3;1-6-3-2-4-7-5-8(10)11-9(6)7;1-6-4-3-5-7(2)8(6)9;1-5-3-2-4-8(5,6)7;1-4-2-3;;1-2-3;;/h6-8H,9-11H2,1-5H3;6-7H,8-10H2,1-5H3;4-5,13-14H,6H2,1-3H3;4-6H,1-3H3;4-6,12-13H,7H2,1-3H3;4-6H,7H2,1-3H3;2-4H,5H2,1H3;3-5,9H,1-2H3;2-4H2,1H3;2H2,1H3;1H4;3H;;/q;;;;;;;;;;;;+1;-1. The zero-order valence-corrected chi connectivity index (χ0v) is 88.3. The van der Waals surface area contributed by atoms with Crippen LogP contribution < -0.4 is 53.2 Å². The van der Waals surface area contributed by atoms with Crippen molar-refractivity contribution >= 4 is 92.2 Å². The molecule has 0 saturated carbocycles. The molecular weight excluding hydrogens is 1870 g/mol. The van der Waals surface area contributed by atoms with E-state index in [1.54, 1.807) is 55.8 Å². The van der Waals surface area contributed by atoms with Crippen molar-refractivity contribution in [2.45, 2.75) is 186 Å². The molecule has 0 amide bonds. The van der Waals surface area contributed by atoms with Crippen LogP contribution in [0.2, 0.25) is 0 Å². The van der Waals surface area contributed by atoms with Gasteiger partial charge in [0, 0.05) is 126 Å². The Labute approximate surface area is 826 Å². The molecule has 1 fully saturated rings. The number of aromatic hydroxyl groups is 3. The normalized spacial score (nSPS) is 12.8. The Morgan fingerprint density at radius 2 is 0.900 bits per heavy atom. The number of aliphatic hydroxyl groups is 2. The number of nitrogens with zero attached hydrogens (tertiary/aromatic N) is 2. The molecule has 1 radical (unpaired) electrons. The van der Waals surface area contributed by atoms with Crippen LogP contribution >= 0.6 is 56.3 Å². The second-order valence-corrected chi connectivity index (χ2v) is 37.7. The van der Waals surface area contributed by atoms with Crippen molar-refractivity contribution in [3.8, 4) is 46.0 Å². The summed E-state index contributed by atoms with van der Waals surface area (Å²) in [5, 5.41) is 47.2. The Bertz CT molecular complexity index is 4850. The van der Waals surface area contributed by atoms with E-state index in [0.29, 0.717) is 61.9 Å². The van der Waals surface area contributed by atoms with Crippen LogP contribution in [0.25, 0.3) is 0 Å². The first-order valence-corrected chi connectivity index (χ1v) is 45.0. The van der Waals surface area contributed by atoms with Crippen molar-refractivity contribution in [3.63, 3.8) is 0 Å². The number of carbonyl (C=O) groups is 3. The number of phenols is 3. The third-order valence-electron chi connectivity index (χ3n) is 19.9. The Morgan fingerprint density at radius 3 is 1.30 bits per heavy atom. The molecule has 0 spiro atoms. The minimum absolute atomic E-state index is 0. The van der Waals surface area contributed by atoms with Crippen molar-refractivity contribution in [1.29, 1.82) is 0 Å². The van der Waals surface area contributed by atoms with Crippen LogP contribution in [-0.4, -0.2) is 193 Å². The number of hydrogen-bond donors (Lipinski definition) is 6. The average molecular weight is 2010 g/mol. The number of aliphatic hydroxyl groups excluding tert-OH is 2. The van der Waals surface area contributed by atoms with E-state index in [0.717, 1.165) is 139 Å². The smallest absolute Gasteiger partial charge is 1.00 e. The number of aryl methyl sites for hydroxylation is 10. The summed E-state index contributed by atoms with van der Waals surface area (Å²) in [5.41, 5.74) is 14.2. The minimum Gasteiger partial charge on any atom is -1.00 e. The third kappa shape index (κ3) is 41.6. The molecule has 25 nitrogen and oxygen atoms in total. The van der Waals surface area contributed by atoms with Gasteiger partial charge in [-0.1, -0.05) is 197 Å². The number of alkyl halides is 1. The van der Waals surface area contributed by atoms with E-state index in [4.69, 9.17) is 73.5 Å². The Kier molecular flexibility index (Phi) is 60.3. The van der Waals surface area contributed by atoms with Gasteiger partial charge in [-0.05, 0) is 182 Å². The zero-order valence-electron chi connectivity index (χ0n) is 81.6. The molecule has 0 unspecified atom stereocenters. The predicted molar refractivity (Wildman–Crippen MR) is 526 cm³/mol. The second-order valence-electron chi connectivity index (χ2n) is 33.2. The van der Waals surface area contributed by atoms with Gasteiger partial charge in [0.25, 0.3) is 0 Å². The molecular formula is C98H142BBr2ClN2NaO23S2. The van der Waals surface area contributed by atoms with Gasteiger partial charge in [-0.15, -0.1) is 0 Å². The number of benzene rings is 8. The number of esters is 2. The van der Waals surface area contributed by atoms with Crippen LogP contribution in [0.3, 0.4) is 0 Å². The number of rotatable bonds is 25. The summed E-state index contributed by atoms with van der Waals surface area (Å²) in [4.78, 5) is 33.4. The fraction of sp³-hybridized carbons (Fsp3) is 0.480. The topological polar surface area (TPSA) is 322 Å². The fourth-order valence-electron chi connectivity index (χ4n) is 12.4. The van der Waals surface area contributed by atoms with Gasteiger partial charge >= 0.3 is 66.3 Å². The second kappa shape index (κ2) is 62.7. The summed E-state index contributed by atoms with van der Waals surface area (Å²) in [6.07, 6.45) is 2.05. The number of ether oxygens (including phenoxy) is 13. The van der Waals surface area contributed by atoms with E-state index in [2.05, 4.69) is 81.3 Å². The van der Waals surface area contributed by atoms with E-state index in [9.17, 15) is 43.2 Å². The van der Waals surface area contributed by atoms with Crippen LogP contribution in [0.15, 0.2) is 141 Å².